The molecular weight excluding hydrogens is 278 g/mol. The lowest BCUT2D eigenvalue weighted by Gasteiger charge is -2.10. The summed E-state index contributed by atoms with van der Waals surface area (Å²) in [6.07, 6.45) is 0. The average molecular weight is 292 g/mol. The molecule has 0 aliphatic carbocycles. The molecule has 2 aromatic rings. The van der Waals surface area contributed by atoms with Gasteiger partial charge in [-0.2, -0.15) is 0 Å². The Morgan fingerprint density at radius 2 is 1.95 bits per heavy atom. The molecule has 0 aliphatic heterocycles. The summed E-state index contributed by atoms with van der Waals surface area (Å²) in [6, 6.07) is 14.0. The van der Waals surface area contributed by atoms with Crippen LogP contribution in [0, 0.1) is 0 Å². The van der Waals surface area contributed by atoms with Gasteiger partial charge in [-0.05, 0) is 42.0 Å². The minimum atomic E-state index is -0.466. The molecule has 0 spiro atoms. The number of carbonyl (C=O) groups is 1. The highest BCUT2D eigenvalue weighted by Crippen LogP contribution is 2.16. The number of hydrogen-bond donors (Lipinski definition) is 1. The zero-order valence-electron chi connectivity index (χ0n) is 10.9. The number of hydrogen-bond acceptors (Lipinski definition) is 3. The predicted octanol–water partition coefficient (Wildman–Crippen LogP) is 3.38. The van der Waals surface area contributed by atoms with Gasteiger partial charge in [-0.1, -0.05) is 23.7 Å². The molecule has 0 saturated heterocycles. The summed E-state index contributed by atoms with van der Waals surface area (Å²) >= 11 is 5.89. The van der Waals surface area contributed by atoms with Crippen molar-refractivity contribution in [2.75, 3.05) is 7.05 Å². The Hall–Kier alpha value is -2.04. The van der Waals surface area contributed by atoms with E-state index in [1.165, 1.54) is 7.05 Å². The van der Waals surface area contributed by atoms with Crippen LogP contribution in [0.15, 0.2) is 48.5 Å². The largest absolute Gasteiger partial charge is 0.489 e. The van der Waals surface area contributed by atoms with Crippen molar-refractivity contribution in [3.8, 4) is 5.75 Å². The maximum absolute atomic E-state index is 11.5. The smallest absolute Gasteiger partial charge is 0.276 e. The lowest BCUT2D eigenvalue weighted by Crippen LogP contribution is -2.22. The summed E-state index contributed by atoms with van der Waals surface area (Å²) in [5.74, 6) is 0.175. The zero-order chi connectivity index (χ0) is 14.5. The fraction of sp³-hybridized carbons (Fsp3) is 0.133. The van der Waals surface area contributed by atoms with Gasteiger partial charge < -0.3 is 4.74 Å². The first-order valence-electron chi connectivity index (χ1n) is 6.00. The Kier molecular flexibility index (Phi) is 4.61. The molecule has 0 bridgehead atoms. The van der Waals surface area contributed by atoms with Crippen molar-refractivity contribution < 1.29 is 14.7 Å². The highest BCUT2D eigenvalue weighted by Gasteiger charge is 2.08. The molecule has 2 aromatic carbocycles. The summed E-state index contributed by atoms with van der Waals surface area (Å²) in [4.78, 5) is 11.5. The van der Waals surface area contributed by atoms with Crippen LogP contribution in [-0.4, -0.2) is 23.2 Å². The number of benzene rings is 2. The van der Waals surface area contributed by atoms with E-state index >= 15 is 0 Å². The van der Waals surface area contributed by atoms with E-state index in [4.69, 9.17) is 21.5 Å². The van der Waals surface area contributed by atoms with Gasteiger partial charge in [0.2, 0.25) is 0 Å². The zero-order valence-corrected chi connectivity index (χ0v) is 11.7. The van der Waals surface area contributed by atoms with Crippen LogP contribution >= 0.6 is 11.6 Å². The van der Waals surface area contributed by atoms with Crippen LogP contribution in [-0.2, 0) is 6.61 Å². The minimum absolute atomic E-state index is 0.394. The summed E-state index contributed by atoms with van der Waals surface area (Å²) in [7, 11) is 1.28. The van der Waals surface area contributed by atoms with E-state index < -0.39 is 5.91 Å². The molecule has 0 aliphatic rings. The lowest BCUT2D eigenvalue weighted by molar-refractivity contribution is -0.0374. The normalized spacial score (nSPS) is 10.2. The van der Waals surface area contributed by atoms with Crippen LogP contribution in [0.4, 0.5) is 0 Å². The van der Waals surface area contributed by atoms with Gasteiger partial charge >= 0.3 is 0 Å². The molecule has 5 heteroatoms. The number of halogens is 1. The first-order valence-corrected chi connectivity index (χ1v) is 6.38. The number of amides is 1. The second kappa shape index (κ2) is 6.41. The van der Waals surface area contributed by atoms with Crippen LogP contribution in [0.3, 0.4) is 0 Å². The molecule has 0 aromatic heterocycles. The van der Waals surface area contributed by atoms with Crippen molar-refractivity contribution in [2.24, 2.45) is 0 Å². The summed E-state index contributed by atoms with van der Waals surface area (Å²) in [5.41, 5.74) is 1.36. The molecule has 0 atom stereocenters. The quantitative estimate of drug-likeness (QED) is 0.694. The predicted molar refractivity (Wildman–Crippen MR) is 76.1 cm³/mol. The number of nitrogens with zero attached hydrogens (tertiary/aromatic N) is 1. The van der Waals surface area contributed by atoms with Crippen molar-refractivity contribution in [1.82, 2.24) is 5.06 Å². The summed E-state index contributed by atoms with van der Waals surface area (Å²) < 4.78 is 5.60. The molecular formula is C15H14ClNO3. The van der Waals surface area contributed by atoms with Crippen molar-refractivity contribution in [3.63, 3.8) is 0 Å². The van der Waals surface area contributed by atoms with Crippen LogP contribution in [0.25, 0.3) is 0 Å². The lowest BCUT2D eigenvalue weighted by atomic mass is 10.2. The molecule has 1 amide bonds. The third-order valence-corrected chi connectivity index (χ3v) is 2.92. The molecule has 2 rings (SSSR count). The second-order valence-corrected chi connectivity index (χ2v) is 4.71. The minimum Gasteiger partial charge on any atom is -0.489 e. The third-order valence-electron chi connectivity index (χ3n) is 2.69. The van der Waals surface area contributed by atoms with Crippen molar-refractivity contribution in [3.05, 3.63) is 64.7 Å². The van der Waals surface area contributed by atoms with Gasteiger partial charge in [0.25, 0.3) is 5.91 Å². The van der Waals surface area contributed by atoms with Crippen LogP contribution in [0.1, 0.15) is 15.9 Å². The Bertz CT molecular complexity index is 596. The van der Waals surface area contributed by atoms with E-state index in [1.807, 2.05) is 18.2 Å². The van der Waals surface area contributed by atoms with E-state index in [1.54, 1.807) is 30.3 Å². The van der Waals surface area contributed by atoms with E-state index in [0.717, 1.165) is 5.56 Å². The SMILES string of the molecule is CN(O)C(=O)c1ccc(OCc2cccc(Cl)c2)cc1. The summed E-state index contributed by atoms with van der Waals surface area (Å²) in [5, 5.41) is 10.3. The van der Waals surface area contributed by atoms with Gasteiger partial charge in [-0.25, -0.2) is 5.06 Å². The van der Waals surface area contributed by atoms with E-state index in [2.05, 4.69) is 0 Å². The standard InChI is InChI=1S/C15H14ClNO3/c1-17(19)15(18)12-5-7-14(8-6-12)20-10-11-3-2-4-13(16)9-11/h2-9,19H,10H2,1H3. The first-order chi connectivity index (χ1) is 9.56. The number of carbonyl (C=O) groups excluding carboxylic acids is 1. The number of hydroxylamine groups is 2. The molecule has 104 valence electrons. The number of rotatable bonds is 4. The topological polar surface area (TPSA) is 49.8 Å². The maximum atomic E-state index is 11.5. The van der Waals surface area contributed by atoms with Crippen molar-refractivity contribution in [1.29, 1.82) is 0 Å². The van der Waals surface area contributed by atoms with Gasteiger partial charge in [0.15, 0.2) is 0 Å². The van der Waals surface area contributed by atoms with Crippen molar-refractivity contribution in [2.45, 2.75) is 6.61 Å². The highest BCUT2D eigenvalue weighted by molar-refractivity contribution is 6.30. The number of ether oxygens (including phenoxy) is 1. The molecule has 0 saturated carbocycles. The van der Waals surface area contributed by atoms with Crippen LogP contribution in [0.5, 0.6) is 5.75 Å². The monoisotopic (exact) mass is 291 g/mol. The Morgan fingerprint density at radius 1 is 1.25 bits per heavy atom. The molecule has 0 fully saturated rings. The van der Waals surface area contributed by atoms with Gasteiger partial charge in [-0.3, -0.25) is 10.0 Å². The Balaban J connectivity index is 1.99. The van der Waals surface area contributed by atoms with Crippen LogP contribution in [0.2, 0.25) is 5.02 Å². The average Bonchev–Trinajstić information content (AvgIpc) is 2.45. The van der Waals surface area contributed by atoms with Gasteiger partial charge in [0, 0.05) is 17.6 Å². The second-order valence-electron chi connectivity index (χ2n) is 4.27. The van der Waals surface area contributed by atoms with Crippen molar-refractivity contribution >= 4 is 17.5 Å². The van der Waals surface area contributed by atoms with Gasteiger partial charge in [0.1, 0.15) is 12.4 Å². The molecule has 4 nitrogen and oxygen atoms in total. The Morgan fingerprint density at radius 3 is 2.55 bits per heavy atom. The first kappa shape index (κ1) is 14.4. The molecule has 0 unspecified atom stereocenters. The highest BCUT2D eigenvalue weighted by atomic mass is 35.5. The van der Waals surface area contributed by atoms with Gasteiger partial charge in [0.05, 0.1) is 0 Å². The third kappa shape index (κ3) is 3.73. The Labute approximate surface area is 122 Å². The molecule has 0 heterocycles. The molecule has 20 heavy (non-hydrogen) atoms. The van der Waals surface area contributed by atoms with E-state index in [0.29, 0.717) is 28.0 Å². The van der Waals surface area contributed by atoms with Crippen LogP contribution < -0.4 is 4.74 Å². The fourth-order valence-electron chi connectivity index (χ4n) is 1.67. The maximum Gasteiger partial charge on any atom is 0.276 e. The van der Waals surface area contributed by atoms with E-state index in [9.17, 15) is 4.79 Å². The van der Waals surface area contributed by atoms with E-state index in [-0.39, 0.29) is 0 Å². The molecule has 0 radical (unpaired) electrons. The summed E-state index contributed by atoms with van der Waals surface area (Å²) in [6.45, 7) is 0.397. The van der Waals surface area contributed by atoms with Gasteiger partial charge in [-0.15, -0.1) is 0 Å². The molecule has 1 N–H and O–H groups in total. The fourth-order valence-corrected chi connectivity index (χ4v) is 1.89.